The molecule has 1 N–H and O–H groups in total. The lowest BCUT2D eigenvalue weighted by Crippen LogP contribution is -2.13. The molecule has 0 saturated carbocycles. The number of ether oxygens (including phenoxy) is 3. The highest BCUT2D eigenvalue weighted by Gasteiger charge is 2.11. The van der Waals surface area contributed by atoms with Crippen LogP contribution in [0.5, 0.6) is 17.2 Å². The lowest BCUT2D eigenvalue weighted by molar-refractivity contribution is 0.310. The number of halogens is 1. The summed E-state index contributed by atoms with van der Waals surface area (Å²) in [7, 11) is 3.25. The number of rotatable bonds is 8. The van der Waals surface area contributed by atoms with E-state index < -0.39 is 0 Å². The fourth-order valence-electron chi connectivity index (χ4n) is 2.28. The molecule has 0 amide bonds. The van der Waals surface area contributed by atoms with Gasteiger partial charge in [-0.15, -0.1) is 0 Å². The van der Waals surface area contributed by atoms with Gasteiger partial charge >= 0.3 is 0 Å². The van der Waals surface area contributed by atoms with Crippen LogP contribution in [0.4, 0.5) is 0 Å². The second-order valence-electron chi connectivity index (χ2n) is 4.99. The average Bonchev–Trinajstić information content (AvgIpc) is 2.56. The topological polar surface area (TPSA) is 39.7 Å². The van der Waals surface area contributed by atoms with Gasteiger partial charge in [-0.2, -0.15) is 0 Å². The zero-order valence-electron chi connectivity index (χ0n) is 13.7. The minimum absolute atomic E-state index is 0.555. The minimum atomic E-state index is 0.555. The Kier molecular flexibility index (Phi) is 6.56. The van der Waals surface area contributed by atoms with Gasteiger partial charge in [0.25, 0.3) is 0 Å². The molecule has 2 aromatic rings. The molecular weight excluding hydrogens is 314 g/mol. The smallest absolute Gasteiger partial charge is 0.179 e. The second-order valence-corrected chi connectivity index (χ2v) is 5.40. The van der Waals surface area contributed by atoms with Crippen molar-refractivity contribution in [3.63, 3.8) is 0 Å². The molecule has 5 heteroatoms. The fraction of sp³-hybridized carbons (Fsp3) is 0.333. The monoisotopic (exact) mass is 335 g/mol. The Morgan fingerprint density at radius 3 is 2.26 bits per heavy atom. The van der Waals surface area contributed by atoms with Gasteiger partial charge in [-0.3, -0.25) is 0 Å². The Bertz CT molecular complexity index is 629. The van der Waals surface area contributed by atoms with Gasteiger partial charge in [0.2, 0.25) is 0 Å². The molecule has 124 valence electrons. The highest BCUT2D eigenvalue weighted by atomic mass is 35.5. The number of benzene rings is 2. The molecule has 0 aliphatic carbocycles. The summed E-state index contributed by atoms with van der Waals surface area (Å²) in [6.45, 7) is 3.95. The molecule has 2 aromatic carbocycles. The van der Waals surface area contributed by atoms with Crippen LogP contribution >= 0.6 is 11.6 Å². The first-order valence-corrected chi connectivity index (χ1v) is 7.88. The molecule has 0 bridgehead atoms. The predicted molar refractivity (Wildman–Crippen MR) is 92.7 cm³/mol. The highest BCUT2D eigenvalue weighted by Crippen LogP contribution is 2.36. The van der Waals surface area contributed by atoms with Crippen molar-refractivity contribution in [2.45, 2.75) is 20.0 Å². The van der Waals surface area contributed by atoms with Crippen LogP contribution in [-0.4, -0.2) is 20.8 Å². The number of methoxy groups -OCH3 is 2. The molecule has 0 aliphatic heterocycles. The van der Waals surface area contributed by atoms with E-state index >= 15 is 0 Å². The van der Waals surface area contributed by atoms with Gasteiger partial charge in [-0.05, 0) is 42.3 Å². The first-order valence-electron chi connectivity index (χ1n) is 7.50. The minimum Gasteiger partial charge on any atom is -0.497 e. The van der Waals surface area contributed by atoms with E-state index in [0.717, 1.165) is 17.9 Å². The first-order chi connectivity index (χ1) is 11.2. The van der Waals surface area contributed by atoms with E-state index in [1.54, 1.807) is 14.2 Å². The molecule has 4 nitrogen and oxygen atoms in total. The van der Waals surface area contributed by atoms with Crippen LogP contribution in [0, 0.1) is 0 Å². The molecule has 0 saturated heterocycles. The highest BCUT2D eigenvalue weighted by molar-refractivity contribution is 6.32. The molecule has 0 aliphatic rings. The van der Waals surface area contributed by atoms with Gasteiger partial charge in [-0.1, -0.05) is 23.7 Å². The maximum absolute atomic E-state index is 6.25. The van der Waals surface area contributed by atoms with E-state index in [2.05, 4.69) is 5.32 Å². The number of nitrogens with one attached hydrogen (secondary N) is 1. The molecule has 23 heavy (non-hydrogen) atoms. The molecule has 0 aromatic heterocycles. The zero-order chi connectivity index (χ0) is 16.7. The van der Waals surface area contributed by atoms with Crippen LogP contribution in [0.25, 0.3) is 0 Å². The quantitative estimate of drug-likeness (QED) is 0.790. The summed E-state index contributed by atoms with van der Waals surface area (Å²) in [6.07, 6.45) is 0. The van der Waals surface area contributed by atoms with Crippen LogP contribution in [0.3, 0.4) is 0 Å². The normalized spacial score (nSPS) is 10.4. The Labute approximate surface area is 142 Å². The van der Waals surface area contributed by atoms with Crippen molar-refractivity contribution in [3.05, 3.63) is 52.5 Å². The third-order valence-corrected chi connectivity index (χ3v) is 3.67. The lowest BCUT2D eigenvalue weighted by atomic mass is 10.1. The molecule has 0 spiro atoms. The van der Waals surface area contributed by atoms with Gasteiger partial charge in [0, 0.05) is 13.1 Å². The number of hydrogen-bond donors (Lipinski definition) is 1. The van der Waals surface area contributed by atoms with Crippen molar-refractivity contribution in [1.29, 1.82) is 0 Å². The van der Waals surface area contributed by atoms with Crippen molar-refractivity contribution in [2.24, 2.45) is 0 Å². The van der Waals surface area contributed by atoms with Crippen molar-refractivity contribution >= 4 is 11.6 Å². The fourth-order valence-corrected chi connectivity index (χ4v) is 2.59. The third kappa shape index (κ3) is 4.78. The summed E-state index contributed by atoms with van der Waals surface area (Å²) >= 11 is 6.25. The largest absolute Gasteiger partial charge is 0.497 e. The maximum atomic E-state index is 6.25. The van der Waals surface area contributed by atoms with Crippen molar-refractivity contribution in [1.82, 2.24) is 5.32 Å². The van der Waals surface area contributed by atoms with Gasteiger partial charge in [0.1, 0.15) is 5.75 Å². The number of hydrogen-bond acceptors (Lipinski definition) is 4. The molecular formula is C18H22ClNO3. The van der Waals surface area contributed by atoms with Crippen LogP contribution in [-0.2, 0) is 13.1 Å². The Hall–Kier alpha value is -1.91. The summed E-state index contributed by atoms with van der Waals surface area (Å²) in [5.74, 6) is 2.10. The average molecular weight is 336 g/mol. The van der Waals surface area contributed by atoms with E-state index in [0.29, 0.717) is 29.7 Å². The Morgan fingerprint density at radius 2 is 1.65 bits per heavy atom. The molecule has 2 rings (SSSR count). The van der Waals surface area contributed by atoms with Gasteiger partial charge in [0.05, 0.1) is 25.8 Å². The summed E-state index contributed by atoms with van der Waals surface area (Å²) in [6, 6.07) is 11.8. The molecule has 0 atom stereocenters. The van der Waals surface area contributed by atoms with E-state index in [4.69, 9.17) is 25.8 Å². The third-order valence-electron chi connectivity index (χ3n) is 3.39. The molecule has 0 heterocycles. The zero-order valence-corrected chi connectivity index (χ0v) is 14.4. The standard InChI is InChI=1S/C18H22ClNO3/c1-4-23-17-10-14(9-16(19)18(17)22-3)12-20-11-13-5-7-15(21-2)8-6-13/h5-10,20H,4,11-12H2,1-3H3. The molecule has 0 fully saturated rings. The van der Waals surface area contributed by atoms with Crippen LogP contribution in [0.1, 0.15) is 18.1 Å². The molecule has 0 unspecified atom stereocenters. The summed E-state index contributed by atoms with van der Waals surface area (Å²) in [5.41, 5.74) is 2.24. The van der Waals surface area contributed by atoms with Gasteiger partial charge in [0.15, 0.2) is 11.5 Å². The summed E-state index contributed by atoms with van der Waals surface area (Å²) in [4.78, 5) is 0. The summed E-state index contributed by atoms with van der Waals surface area (Å²) in [5, 5.41) is 3.95. The van der Waals surface area contributed by atoms with Gasteiger partial charge in [-0.25, -0.2) is 0 Å². The van der Waals surface area contributed by atoms with E-state index in [-0.39, 0.29) is 0 Å². The lowest BCUT2D eigenvalue weighted by Gasteiger charge is -2.13. The van der Waals surface area contributed by atoms with E-state index in [1.807, 2.05) is 43.3 Å². The van der Waals surface area contributed by atoms with E-state index in [1.165, 1.54) is 5.56 Å². The second kappa shape index (κ2) is 8.65. The SMILES string of the molecule is CCOc1cc(CNCc2ccc(OC)cc2)cc(Cl)c1OC. The van der Waals surface area contributed by atoms with Crippen LogP contribution in [0.2, 0.25) is 5.02 Å². The van der Waals surface area contributed by atoms with Crippen molar-refractivity contribution in [2.75, 3.05) is 20.8 Å². The predicted octanol–water partition coefficient (Wildman–Crippen LogP) is 4.05. The Morgan fingerprint density at radius 1 is 0.957 bits per heavy atom. The van der Waals surface area contributed by atoms with E-state index in [9.17, 15) is 0 Å². The maximum Gasteiger partial charge on any atom is 0.179 e. The van der Waals surface area contributed by atoms with Crippen molar-refractivity contribution < 1.29 is 14.2 Å². The molecule has 0 radical (unpaired) electrons. The summed E-state index contributed by atoms with van der Waals surface area (Å²) < 4.78 is 16.0. The van der Waals surface area contributed by atoms with Crippen LogP contribution < -0.4 is 19.5 Å². The first kappa shape index (κ1) is 17.4. The Balaban J connectivity index is 1.99. The van der Waals surface area contributed by atoms with Crippen molar-refractivity contribution in [3.8, 4) is 17.2 Å². The van der Waals surface area contributed by atoms with Crippen LogP contribution in [0.15, 0.2) is 36.4 Å². The van der Waals surface area contributed by atoms with Gasteiger partial charge < -0.3 is 19.5 Å².